The highest BCUT2D eigenvalue weighted by molar-refractivity contribution is 6.33. The fourth-order valence-electron chi connectivity index (χ4n) is 3.52. The van der Waals surface area contributed by atoms with Crippen LogP contribution < -0.4 is 10.2 Å². The van der Waals surface area contributed by atoms with Gasteiger partial charge in [-0.25, -0.2) is 4.90 Å². The molecule has 2 aromatic carbocycles. The number of amides is 3. The zero-order valence-electron chi connectivity index (χ0n) is 16.4. The van der Waals surface area contributed by atoms with E-state index >= 15 is 0 Å². The van der Waals surface area contributed by atoms with Crippen LogP contribution in [0, 0.1) is 0 Å². The SMILES string of the molecule is CC(C)c1ccc(N2C(=O)[C@H]3N=NN(CC(=O)Nc4ccccc4Cl)[C@H]3C2=O)cc1. The molecule has 0 radical (unpaired) electrons. The first-order valence-electron chi connectivity index (χ1n) is 9.56. The van der Waals surface area contributed by atoms with Gasteiger partial charge in [-0.2, -0.15) is 5.11 Å². The number of halogens is 1. The number of nitrogens with zero attached hydrogens (tertiary/aromatic N) is 4. The van der Waals surface area contributed by atoms with Gasteiger partial charge in [-0.1, -0.05) is 54.9 Å². The molecule has 4 rings (SSSR count). The highest BCUT2D eigenvalue weighted by atomic mass is 35.5. The van der Waals surface area contributed by atoms with Crippen molar-refractivity contribution in [3.8, 4) is 0 Å². The Hall–Kier alpha value is -3.26. The summed E-state index contributed by atoms with van der Waals surface area (Å²) in [5.41, 5.74) is 2.05. The minimum absolute atomic E-state index is 0.227. The summed E-state index contributed by atoms with van der Waals surface area (Å²) < 4.78 is 0. The van der Waals surface area contributed by atoms with E-state index in [1.807, 2.05) is 12.1 Å². The number of fused-ring (bicyclic) bond motifs is 1. The Balaban J connectivity index is 1.49. The molecule has 9 heteroatoms. The number of nitrogens with one attached hydrogen (secondary N) is 1. The predicted molar refractivity (Wildman–Crippen MR) is 112 cm³/mol. The average molecular weight is 426 g/mol. The molecule has 2 aromatic rings. The van der Waals surface area contributed by atoms with E-state index in [4.69, 9.17) is 11.6 Å². The molecule has 2 aliphatic heterocycles. The van der Waals surface area contributed by atoms with Crippen LogP contribution in [0.4, 0.5) is 11.4 Å². The Labute approximate surface area is 178 Å². The normalized spacial score (nSPS) is 20.3. The van der Waals surface area contributed by atoms with Gasteiger partial charge < -0.3 is 5.32 Å². The zero-order valence-corrected chi connectivity index (χ0v) is 17.2. The largest absolute Gasteiger partial charge is 0.323 e. The third-order valence-electron chi connectivity index (χ3n) is 5.13. The fourth-order valence-corrected chi connectivity index (χ4v) is 3.70. The Morgan fingerprint density at radius 2 is 1.80 bits per heavy atom. The van der Waals surface area contributed by atoms with E-state index < -0.39 is 29.8 Å². The van der Waals surface area contributed by atoms with Crippen LogP contribution in [0.2, 0.25) is 5.02 Å². The summed E-state index contributed by atoms with van der Waals surface area (Å²) in [5, 5.41) is 12.2. The van der Waals surface area contributed by atoms with Crippen LogP contribution in [-0.2, 0) is 14.4 Å². The lowest BCUT2D eigenvalue weighted by molar-refractivity contribution is -0.123. The number of benzene rings is 2. The van der Waals surface area contributed by atoms with Gasteiger partial charge >= 0.3 is 0 Å². The lowest BCUT2D eigenvalue weighted by atomic mass is 10.0. The number of anilines is 2. The van der Waals surface area contributed by atoms with Crippen LogP contribution in [0.15, 0.2) is 58.9 Å². The number of para-hydroxylation sites is 1. The minimum atomic E-state index is -0.949. The fraction of sp³-hybridized carbons (Fsp3) is 0.286. The van der Waals surface area contributed by atoms with Gasteiger partial charge in [0.25, 0.3) is 11.8 Å². The molecule has 8 nitrogen and oxygen atoms in total. The van der Waals surface area contributed by atoms with Crippen molar-refractivity contribution >= 4 is 40.7 Å². The van der Waals surface area contributed by atoms with Gasteiger partial charge in [-0.15, -0.1) is 0 Å². The van der Waals surface area contributed by atoms with Gasteiger partial charge in [0.1, 0.15) is 6.54 Å². The number of carbonyl (C=O) groups excluding carboxylic acids is 3. The van der Waals surface area contributed by atoms with Crippen molar-refractivity contribution in [1.82, 2.24) is 5.01 Å². The summed E-state index contributed by atoms with van der Waals surface area (Å²) in [6.45, 7) is 3.91. The van der Waals surface area contributed by atoms with Gasteiger partial charge in [0.2, 0.25) is 5.91 Å². The molecule has 2 aliphatic rings. The summed E-state index contributed by atoms with van der Waals surface area (Å²) in [6.07, 6.45) is 0. The molecule has 0 unspecified atom stereocenters. The van der Waals surface area contributed by atoms with Crippen LogP contribution in [0.3, 0.4) is 0 Å². The molecular formula is C21H20ClN5O3. The maximum absolute atomic E-state index is 13.0. The van der Waals surface area contributed by atoms with Crippen molar-refractivity contribution in [3.63, 3.8) is 0 Å². The van der Waals surface area contributed by atoms with E-state index in [0.717, 1.165) is 10.5 Å². The van der Waals surface area contributed by atoms with Crippen molar-refractivity contribution in [2.45, 2.75) is 31.8 Å². The maximum Gasteiger partial charge on any atom is 0.263 e. The summed E-state index contributed by atoms with van der Waals surface area (Å²) in [4.78, 5) is 39.4. The van der Waals surface area contributed by atoms with Crippen molar-refractivity contribution in [1.29, 1.82) is 0 Å². The number of imide groups is 1. The third-order valence-corrected chi connectivity index (χ3v) is 5.46. The minimum Gasteiger partial charge on any atom is -0.323 e. The first kappa shape index (κ1) is 20.0. The number of hydrogen-bond acceptors (Lipinski definition) is 6. The van der Waals surface area contributed by atoms with Gasteiger partial charge in [-0.3, -0.25) is 19.4 Å². The van der Waals surface area contributed by atoms with Crippen molar-refractivity contribution < 1.29 is 14.4 Å². The van der Waals surface area contributed by atoms with Crippen molar-refractivity contribution in [2.75, 3.05) is 16.8 Å². The summed E-state index contributed by atoms with van der Waals surface area (Å²) in [7, 11) is 0. The molecule has 1 saturated heterocycles. The van der Waals surface area contributed by atoms with Crippen LogP contribution in [0.1, 0.15) is 25.3 Å². The lowest BCUT2D eigenvalue weighted by Crippen LogP contribution is -2.43. The quantitative estimate of drug-likeness (QED) is 0.743. The Kier molecular flexibility index (Phi) is 5.26. The molecule has 1 N–H and O–H groups in total. The van der Waals surface area contributed by atoms with Crippen molar-refractivity contribution in [2.24, 2.45) is 10.3 Å². The van der Waals surface area contributed by atoms with Gasteiger partial charge in [0.05, 0.1) is 16.4 Å². The van der Waals surface area contributed by atoms with Gasteiger partial charge in [-0.05, 0) is 35.7 Å². The second-order valence-corrected chi connectivity index (χ2v) is 7.89. The Morgan fingerprint density at radius 3 is 2.47 bits per heavy atom. The van der Waals surface area contributed by atoms with Crippen molar-refractivity contribution in [3.05, 3.63) is 59.1 Å². The lowest BCUT2D eigenvalue weighted by Gasteiger charge is -2.20. The average Bonchev–Trinajstić information content (AvgIpc) is 3.23. The van der Waals surface area contributed by atoms with Crippen LogP contribution in [0.25, 0.3) is 0 Å². The monoisotopic (exact) mass is 425 g/mol. The molecule has 2 heterocycles. The van der Waals surface area contributed by atoms with Crippen LogP contribution >= 0.6 is 11.6 Å². The molecule has 0 bridgehead atoms. The maximum atomic E-state index is 13.0. The van der Waals surface area contributed by atoms with Gasteiger partial charge in [0.15, 0.2) is 12.1 Å². The molecule has 0 spiro atoms. The van der Waals surface area contributed by atoms with E-state index in [2.05, 4.69) is 29.5 Å². The molecule has 0 aromatic heterocycles. The second kappa shape index (κ2) is 7.87. The smallest absolute Gasteiger partial charge is 0.263 e. The Morgan fingerprint density at radius 1 is 1.10 bits per heavy atom. The van der Waals surface area contributed by atoms with E-state index in [-0.39, 0.29) is 6.54 Å². The van der Waals surface area contributed by atoms with Crippen LogP contribution in [0.5, 0.6) is 0 Å². The molecule has 2 atom stereocenters. The molecule has 3 amide bonds. The van der Waals surface area contributed by atoms with E-state index in [1.54, 1.807) is 36.4 Å². The molecule has 30 heavy (non-hydrogen) atoms. The first-order valence-corrected chi connectivity index (χ1v) is 9.94. The third kappa shape index (κ3) is 3.54. The Bertz CT molecular complexity index is 1040. The number of hydrogen-bond donors (Lipinski definition) is 1. The second-order valence-electron chi connectivity index (χ2n) is 7.48. The summed E-state index contributed by atoms with van der Waals surface area (Å²) >= 11 is 6.06. The molecule has 0 saturated carbocycles. The topological polar surface area (TPSA) is 94.4 Å². The van der Waals surface area contributed by atoms with E-state index in [1.165, 1.54) is 5.01 Å². The molecule has 154 valence electrons. The standard InChI is InChI=1S/C21H20ClN5O3/c1-12(2)13-7-9-14(10-8-13)27-20(29)18-19(21(27)30)26(25-24-18)11-17(28)23-16-6-4-3-5-15(16)22/h3-10,12,18-19H,11H2,1-2H3,(H,23,28)/t18-,19+/m0/s1. The number of rotatable bonds is 5. The molecule has 0 aliphatic carbocycles. The highest BCUT2D eigenvalue weighted by Crippen LogP contribution is 2.32. The highest BCUT2D eigenvalue weighted by Gasteiger charge is 2.55. The first-order chi connectivity index (χ1) is 14.4. The summed E-state index contributed by atoms with van der Waals surface area (Å²) in [6, 6.07) is 12.2. The van der Waals surface area contributed by atoms with Crippen LogP contribution in [-0.4, -0.2) is 41.4 Å². The van der Waals surface area contributed by atoms with E-state index in [9.17, 15) is 14.4 Å². The molecule has 1 fully saturated rings. The van der Waals surface area contributed by atoms with Gasteiger partial charge in [0, 0.05) is 0 Å². The summed E-state index contributed by atoms with van der Waals surface area (Å²) in [5.74, 6) is -0.968. The predicted octanol–water partition coefficient (Wildman–Crippen LogP) is 3.40. The molecular weight excluding hydrogens is 406 g/mol. The zero-order chi connectivity index (χ0) is 21.4. The van der Waals surface area contributed by atoms with E-state index in [0.29, 0.717) is 22.3 Å². The number of carbonyl (C=O) groups is 3.